The van der Waals surface area contributed by atoms with Gasteiger partial charge in [0.15, 0.2) is 9.84 Å². The van der Waals surface area contributed by atoms with E-state index < -0.39 is 9.84 Å². The van der Waals surface area contributed by atoms with Gasteiger partial charge in [-0.25, -0.2) is 8.42 Å². The molecule has 1 aliphatic carbocycles. The fourth-order valence-corrected chi connectivity index (χ4v) is 3.91. The highest BCUT2D eigenvalue weighted by Crippen LogP contribution is 2.26. The third-order valence-electron chi connectivity index (χ3n) is 3.75. The van der Waals surface area contributed by atoms with Crippen LogP contribution in [0.15, 0.2) is 0 Å². The van der Waals surface area contributed by atoms with E-state index in [0.29, 0.717) is 18.3 Å². The Hall–Kier alpha value is -0.0900. The molecule has 0 radical (unpaired) electrons. The van der Waals surface area contributed by atoms with Gasteiger partial charge in [-0.3, -0.25) is 0 Å². The number of hydrogen-bond acceptors (Lipinski definition) is 3. The molecule has 1 saturated carbocycles. The number of rotatable bonds is 7. The quantitative estimate of drug-likeness (QED) is 0.765. The van der Waals surface area contributed by atoms with Crippen LogP contribution in [0.5, 0.6) is 0 Å². The predicted molar refractivity (Wildman–Crippen MR) is 73.0 cm³/mol. The highest BCUT2D eigenvalue weighted by atomic mass is 32.2. The molecule has 0 spiro atoms. The van der Waals surface area contributed by atoms with Gasteiger partial charge in [0.2, 0.25) is 0 Å². The van der Waals surface area contributed by atoms with Crippen molar-refractivity contribution < 1.29 is 8.42 Å². The smallest absolute Gasteiger partial charge is 0.151 e. The Kier molecular flexibility index (Phi) is 6.49. The Bertz CT molecular complexity index is 295. The Morgan fingerprint density at radius 1 is 1.18 bits per heavy atom. The van der Waals surface area contributed by atoms with Gasteiger partial charge in [0, 0.05) is 18.3 Å². The molecule has 0 heterocycles. The van der Waals surface area contributed by atoms with E-state index in [1.807, 2.05) is 6.92 Å². The van der Waals surface area contributed by atoms with E-state index in [4.69, 9.17) is 0 Å². The minimum Gasteiger partial charge on any atom is -0.313 e. The van der Waals surface area contributed by atoms with E-state index in [1.165, 1.54) is 32.1 Å². The second kappa shape index (κ2) is 7.37. The van der Waals surface area contributed by atoms with Crippen LogP contribution < -0.4 is 5.32 Å². The summed E-state index contributed by atoms with van der Waals surface area (Å²) in [6, 6.07) is 0.465. The van der Waals surface area contributed by atoms with Crippen molar-refractivity contribution in [3.05, 3.63) is 0 Å². The summed E-state index contributed by atoms with van der Waals surface area (Å²) in [6.45, 7) is 4.72. The summed E-state index contributed by atoms with van der Waals surface area (Å²) in [5.74, 6) is 1.36. The molecule has 4 heteroatoms. The molecule has 0 aromatic heterocycles. The van der Waals surface area contributed by atoms with Crippen molar-refractivity contribution in [1.29, 1.82) is 0 Å². The summed E-state index contributed by atoms with van der Waals surface area (Å²) in [7, 11) is -2.82. The van der Waals surface area contributed by atoms with Gasteiger partial charge in [-0.1, -0.05) is 26.2 Å². The zero-order valence-corrected chi connectivity index (χ0v) is 12.1. The average molecular weight is 261 g/mol. The Labute approximate surface area is 106 Å². The van der Waals surface area contributed by atoms with E-state index in [2.05, 4.69) is 12.2 Å². The van der Waals surface area contributed by atoms with Crippen LogP contribution in [0.1, 0.15) is 52.4 Å². The van der Waals surface area contributed by atoms with E-state index in [-0.39, 0.29) is 5.75 Å². The van der Waals surface area contributed by atoms with Gasteiger partial charge in [0.05, 0.1) is 5.75 Å². The molecule has 0 amide bonds. The van der Waals surface area contributed by atoms with Crippen LogP contribution in [-0.2, 0) is 9.84 Å². The van der Waals surface area contributed by atoms with Crippen LogP contribution in [-0.4, -0.2) is 32.5 Å². The first-order chi connectivity index (χ1) is 8.05. The summed E-state index contributed by atoms with van der Waals surface area (Å²) < 4.78 is 23.1. The first kappa shape index (κ1) is 15.0. The van der Waals surface area contributed by atoms with Crippen molar-refractivity contribution in [3.8, 4) is 0 Å². The first-order valence-electron chi connectivity index (χ1n) is 6.99. The largest absolute Gasteiger partial charge is 0.313 e. The molecule has 0 bridgehead atoms. The van der Waals surface area contributed by atoms with Crippen LogP contribution in [0.4, 0.5) is 0 Å². The monoisotopic (exact) mass is 261 g/mol. The molecule has 0 saturated heterocycles. The molecular formula is C13H27NO2S. The van der Waals surface area contributed by atoms with Crippen LogP contribution >= 0.6 is 0 Å². The molecule has 0 aliphatic heterocycles. The van der Waals surface area contributed by atoms with Crippen molar-refractivity contribution in [2.75, 3.05) is 18.1 Å². The lowest BCUT2D eigenvalue weighted by atomic mass is 9.84. The maximum absolute atomic E-state index is 11.5. The number of hydrogen-bond donors (Lipinski definition) is 1. The molecule has 1 N–H and O–H groups in total. The van der Waals surface area contributed by atoms with Gasteiger partial charge in [-0.2, -0.15) is 0 Å². The van der Waals surface area contributed by atoms with Gasteiger partial charge in [0.1, 0.15) is 0 Å². The highest BCUT2D eigenvalue weighted by Gasteiger charge is 2.20. The molecule has 0 aromatic rings. The third-order valence-corrected chi connectivity index (χ3v) is 5.61. The Morgan fingerprint density at radius 3 is 2.41 bits per heavy atom. The van der Waals surface area contributed by atoms with E-state index in [9.17, 15) is 8.42 Å². The van der Waals surface area contributed by atoms with Crippen molar-refractivity contribution in [2.24, 2.45) is 5.92 Å². The molecule has 1 aliphatic rings. The second-order valence-corrected chi connectivity index (χ2v) is 7.60. The van der Waals surface area contributed by atoms with Gasteiger partial charge >= 0.3 is 0 Å². The van der Waals surface area contributed by atoms with Crippen LogP contribution in [0, 0.1) is 5.92 Å². The minimum absolute atomic E-state index is 0.290. The lowest BCUT2D eigenvalue weighted by Gasteiger charge is -2.28. The zero-order chi connectivity index (χ0) is 12.7. The second-order valence-electron chi connectivity index (χ2n) is 5.29. The maximum atomic E-state index is 11.5. The van der Waals surface area contributed by atoms with Gasteiger partial charge < -0.3 is 5.32 Å². The van der Waals surface area contributed by atoms with E-state index in [1.54, 1.807) is 0 Å². The lowest BCUT2D eigenvalue weighted by molar-refractivity contribution is 0.285. The van der Waals surface area contributed by atoms with Crippen LogP contribution in [0.2, 0.25) is 0 Å². The molecule has 1 unspecified atom stereocenters. The minimum atomic E-state index is -2.82. The molecule has 1 rings (SSSR count). The van der Waals surface area contributed by atoms with Crippen molar-refractivity contribution in [2.45, 2.75) is 58.4 Å². The summed E-state index contributed by atoms with van der Waals surface area (Å²) in [5.41, 5.74) is 0. The first-order valence-corrected chi connectivity index (χ1v) is 8.81. The maximum Gasteiger partial charge on any atom is 0.151 e. The van der Waals surface area contributed by atoms with Crippen LogP contribution in [0.3, 0.4) is 0 Å². The number of sulfone groups is 1. The summed E-state index contributed by atoms with van der Waals surface area (Å²) in [4.78, 5) is 0. The standard InChI is InChI=1S/C13H27NO2S/c1-3-10-17(15,16)11-9-14-12(2)13-7-5-4-6-8-13/h12-14H,3-11H2,1-2H3. The predicted octanol–water partition coefficient (Wildman–Crippen LogP) is 2.37. The van der Waals surface area contributed by atoms with Crippen molar-refractivity contribution >= 4 is 9.84 Å². The van der Waals surface area contributed by atoms with Gasteiger partial charge in [0.25, 0.3) is 0 Å². The van der Waals surface area contributed by atoms with Crippen molar-refractivity contribution in [3.63, 3.8) is 0 Å². The van der Waals surface area contributed by atoms with Gasteiger partial charge in [-0.05, 0) is 32.1 Å². The highest BCUT2D eigenvalue weighted by molar-refractivity contribution is 7.91. The zero-order valence-electron chi connectivity index (χ0n) is 11.2. The van der Waals surface area contributed by atoms with Gasteiger partial charge in [-0.15, -0.1) is 0 Å². The normalized spacial score (nSPS) is 20.4. The topological polar surface area (TPSA) is 46.2 Å². The molecule has 1 atom stereocenters. The van der Waals surface area contributed by atoms with Crippen molar-refractivity contribution in [1.82, 2.24) is 5.32 Å². The summed E-state index contributed by atoms with van der Waals surface area (Å²) in [5, 5.41) is 3.39. The fourth-order valence-electron chi connectivity index (χ4n) is 2.66. The van der Waals surface area contributed by atoms with E-state index in [0.717, 1.165) is 12.3 Å². The summed E-state index contributed by atoms with van der Waals surface area (Å²) in [6.07, 6.45) is 7.37. The molecule has 102 valence electrons. The Balaban J connectivity index is 2.21. The SMILES string of the molecule is CCCS(=O)(=O)CCNC(C)C1CCCCC1. The van der Waals surface area contributed by atoms with Crippen LogP contribution in [0.25, 0.3) is 0 Å². The summed E-state index contributed by atoms with van der Waals surface area (Å²) >= 11 is 0. The molecule has 3 nitrogen and oxygen atoms in total. The Morgan fingerprint density at radius 2 is 1.82 bits per heavy atom. The number of nitrogens with one attached hydrogen (secondary N) is 1. The molecule has 1 fully saturated rings. The fraction of sp³-hybridized carbons (Fsp3) is 1.00. The molecule has 0 aromatic carbocycles. The molecule has 17 heavy (non-hydrogen) atoms. The van der Waals surface area contributed by atoms with E-state index >= 15 is 0 Å². The molecular weight excluding hydrogens is 234 g/mol. The third kappa shape index (κ3) is 5.87. The lowest BCUT2D eigenvalue weighted by Crippen LogP contribution is -2.37. The average Bonchev–Trinajstić information content (AvgIpc) is 2.29.